The first-order valence-electron chi connectivity index (χ1n) is 12.8. The number of benzene rings is 3. The molecule has 5 rings (SSSR count). The normalized spacial score (nSPS) is 17.2. The molecule has 1 saturated heterocycles. The van der Waals surface area contributed by atoms with Crippen molar-refractivity contribution in [1.29, 1.82) is 0 Å². The number of piperazine rings is 1. The summed E-state index contributed by atoms with van der Waals surface area (Å²) in [4.78, 5) is 22.0. The van der Waals surface area contributed by atoms with Gasteiger partial charge in [-0.1, -0.05) is 12.1 Å². The second-order valence-electron chi connectivity index (χ2n) is 9.71. The monoisotopic (exact) mass is 574 g/mol. The lowest BCUT2D eigenvalue weighted by molar-refractivity contribution is -0.146. The van der Waals surface area contributed by atoms with Crippen molar-refractivity contribution in [2.75, 3.05) is 43.1 Å². The Labute approximate surface area is 233 Å². The molecule has 12 heteroatoms. The van der Waals surface area contributed by atoms with Crippen LogP contribution in [0.4, 0.5) is 39.0 Å². The summed E-state index contributed by atoms with van der Waals surface area (Å²) in [5.41, 5.74) is 0.409. The standard InChI is InChI=1S/C29H27F5N4O3/c1-17-15-20(8-9-22(17)30)36-11-13-37(14-12-36)28-35-26-21(5-4-6-23(26)31)27(41-18(2)39)38(28)24-16-19(29(32,33)34)7-10-25(24)40-3/h4-10,15-16,27H,11-14H2,1-3H3. The number of alkyl halides is 3. The number of guanidine groups is 1. The van der Waals surface area contributed by atoms with E-state index in [0.717, 1.165) is 24.7 Å². The van der Waals surface area contributed by atoms with Crippen molar-refractivity contribution >= 4 is 29.0 Å². The smallest absolute Gasteiger partial charge is 0.416 e. The van der Waals surface area contributed by atoms with Gasteiger partial charge in [-0.3, -0.25) is 9.69 Å². The summed E-state index contributed by atoms with van der Waals surface area (Å²) in [7, 11) is 1.31. The highest BCUT2D eigenvalue weighted by Gasteiger charge is 2.41. The molecule has 0 aliphatic carbocycles. The minimum Gasteiger partial charge on any atom is -0.495 e. The van der Waals surface area contributed by atoms with Gasteiger partial charge in [0.2, 0.25) is 12.2 Å². The third-order valence-electron chi connectivity index (χ3n) is 7.06. The Morgan fingerprint density at radius 1 is 0.951 bits per heavy atom. The van der Waals surface area contributed by atoms with E-state index in [4.69, 9.17) is 9.47 Å². The van der Waals surface area contributed by atoms with Crippen molar-refractivity contribution in [2.45, 2.75) is 26.3 Å². The summed E-state index contributed by atoms with van der Waals surface area (Å²) >= 11 is 0. The van der Waals surface area contributed by atoms with E-state index in [1.54, 1.807) is 24.0 Å². The van der Waals surface area contributed by atoms with Crippen molar-refractivity contribution in [3.8, 4) is 5.75 Å². The minimum atomic E-state index is -4.67. The van der Waals surface area contributed by atoms with Crippen molar-refractivity contribution in [1.82, 2.24) is 4.90 Å². The number of rotatable bonds is 4. The number of para-hydroxylation sites is 1. The molecule has 2 aliphatic rings. The second kappa shape index (κ2) is 10.9. The van der Waals surface area contributed by atoms with Crippen LogP contribution in [0.15, 0.2) is 59.6 Å². The Hall–Kier alpha value is -4.35. The number of carbonyl (C=O) groups is 1. The number of aryl methyl sites for hydroxylation is 1. The van der Waals surface area contributed by atoms with Crippen LogP contribution in [-0.2, 0) is 15.7 Å². The maximum Gasteiger partial charge on any atom is 0.416 e. The molecule has 41 heavy (non-hydrogen) atoms. The number of methoxy groups -OCH3 is 1. The van der Waals surface area contributed by atoms with Crippen molar-refractivity contribution < 1.29 is 36.2 Å². The predicted octanol–water partition coefficient (Wildman–Crippen LogP) is 6.19. The topological polar surface area (TPSA) is 57.6 Å². The third kappa shape index (κ3) is 5.50. The molecular weight excluding hydrogens is 547 g/mol. The van der Waals surface area contributed by atoms with Crippen molar-refractivity contribution in [3.05, 3.63) is 82.9 Å². The molecule has 3 aromatic carbocycles. The molecule has 2 heterocycles. The van der Waals surface area contributed by atoms with Crippen LogP contribution in [0.3, 0.4) is 0 Å². The summed E-state index contributed by atoms with van der Waals surface area (Å²) in [6.45, 7) is 4.43. The number of aliphatic imine (C=N–C) groups is 1. The van der Waals surface area contributed by atoms with Gasteiger partial charge < -0.3 is 19.3 Å². The van der Waals surface area contributed by atoms with Gasteiger partial charge in [-0.25, -0.2) is 13.8 Å². The largest absolute Gasteiger partial charge is 0.495 e. The van der Waals surface area contributed by atoms with Gasteiger partial charge in [0.15, 0.2) is 0 Å². The molecule has 1 fully saturated rings. The summed E-state index contributed by atoms with van der Waals surface area (Å²) in [6.07, 6.45) is -6.01. The van der Waals surface area contributed by atoms with Crippen LogP contribution in [0.25, 0.3) is 0 Å². The zero-order chi connectivity index (χ0) is 29.5. The molecule has 0 radical (unpaired) electrons. The van der Waals surface area contributed by atoms with E-state index in [9.17, 15) is 22.4 Å². The zero-order valence-electron chi connectivity index (χ0n) is 22.5. The number of hydrogen-bond acceptors (Lipinski definition) is 7. The Morgan fingerprint density at radius 3 is 2.29 bits per heavy atom. The van der Waals surface area contributed by atoms with Crippen LogP contribution in [0.2, 0.25) is 0 Å². The first kappa shape index (κ1) is 28.2. The molecule has 0 aromatic heterocycles. The van der Waals surface area contributed by atoms with E-state index in [1.165, 1.54) is 42.3 Å². The molecule has 7 nitrogen and oxygen atoms in total. The lowest BCUT2D eigenvalue weighted by Gasteiger charge is -2.44. The first-order chi connectivity index (χ1) is 19.5. The molecule has 0 N–H and O–H groups in total. The third-order valence-corrected chi connectivity index (χ3v) is 7.06. The lowest BCUT2D eigenvalue weighted by Crippen LogP contribution is -2.55. The van der Waals surface area contributed by atoms with Gasteiger partial charge in [0.25, 0.3) is 0 Å². The van der Waals surface area contributed by atoms with E-state index < -0.39 is 29.8 Å². The highest BCUT2D eigenvalue weighted by Crippen LogP contribution is 2.45. The Kier molecular flexibility index (Phi) is 7.50. The zero-order valence-corrected chi connectivity index (χ0v) is 22.5. The molecule has 0 saturated carbocycles. The summed E-state index contributed by atoms with van der Waals surface area (Å²) in [6, 6.07) is 11.9. The number of fused-ring (bicyclic) bond motifs is 1. The summed E-state index contributed by atoms with van der Waals surface area (Å²) in [5.74, 6) is -1.54. The molecule has 216 valence electrons. The van der Waals surface area contributed by atoms with Gasteiger partial charge in [-0.15, -0.1) is 0 Å². The minimum absolute atomic E-state index is 0.0566. The fraction of sp³-hybridized carbons (Fsp3) is 0.310. The van der Waals surface area contributed by atoms with Crippen molar-refractivity contribution in [3.63, 3.8) is 0 Å². The van der Waals surface area contributed by atoms with Gasteiger partial charge >= 0.3 is 12.1 Å². The fourth-order valence-electron chi connectivity index (χ4n) is 5.02. The molecule has 0 amide bonds. The molecular formula is C29H27F5N4O3. The number of carbonyl (C=O) groups excluding carboxylic acids is 1. The van der Waals surface area contributed by atoms with Gasteiger partial charge in [-0.05, 0) is 55.0 Å². The highest BCUT2D eigenvalue weighted by molar-refractivity contribution is 6.02. The molecule has 2 aliphatic heterocycles. The van der Waals surface area contributed by atoms with Crippen LogP contribution < -0.4 is 14.5 Å². The number of nitrogens with zero attached hydrogens (tertiary/aromatic N) is 4. The number of hydrogen-bond donors (Lipinski definition) is 0. The summed E-state index contributed by atoms with van der Waals surface area (Å²) in [5, 5.41) is 0. The predicted molar refractivity (Wildman–Crippen MR) is 143 cm³/mol. The second-order valence-corrected chi connectivity index (χ2v) is 9.71. The van der Waals surface area contributed by atoms with Crippen LogP contribution in [0.1, 0.15) is 29.8 Å². The number of halogens is 5. The maximum atomic E-state index is 15.1. The Balaban J connectivity index is 1.61. The van der Waals surface area contributed by atoms with Gasteiger partial charge in [0.1, 0.15) is 23.1 Å². The number of ether oxygens (including phenoxy) is 2. The number of anilines is 2. The molecule has 0 bridgehead atoms. The molecule has 0 spiro atoms. The highest BCUT2D eigenvalue weighted by atomic mass is 19.4. The fourth-order valence-corrected chi connectivity index (χ4v) is 5.02. The molecule has 3 aromatic rings. The van der Waals surface area contributed by atoms with Crippen LogP contribution in [0, 0.1) is 18.6 Å². The average molecular weight is 575 g/mol. The maximum absolute atomic E-state index is 15.1. The van der Waals surface area contributed by atoms with E-state index >= 15 is 4.39 Å². The Bertz CT molecular complexity index is 1500. The van der Waals surface area contributed by atoms with Crippen LogP contribution in [-0.4, -0.2) is 50.1 Å². The lowest BCUT2D eigenvalue weighted by atomic mass is 10.1. The molecule has 1 atom stereocenters. The first-order valence-corrected chi connectivity index (χ1v) is 12.8. The number of esters is 1. The van der Waals surface area contributed by atoms with Crippen LogP contribution in [0.5, 0.6) is 5.75 Å². The molecule has 1 unspecified atom stereocenters. The van der Waals surface area contributed by atoms with E-state index in [2.05, 4.69) is 4.99 Å². The van der Waals surface area contributed by atoms with Crippen LogP contribution >= 0.6 is 0 Å². The van der Waals surface area contributed by atoms with Gasteiger partial charge in [-0.2, -0.15) is 13.2 Å². The summed E-state index contributed by atoms with van der Waals surface area (Å²) < 4.78 is 81.4. The quantitative estimate of drug-likeness (QED) is 0.274. The van der Waals surface area contributed by atoms with Crippen molar-refractivity contribution in [2.24, 2.45) is 4.99 Å². The van der Waals surface area contributed by atoms with E-state index in [0.29, 0.717) is 31.7 Å². The van der Waals surface area contributed by atoms with Gasteiger partial charge in [0.05, 0.1) is 18.4 Å². The average Bonchev–Trinajstić information content (AvgIpc) is 2.94. The Morgan fingerprint density at radius 2 is 1.66 bits per heavy atom. The van der Waals surface area contributed by atoms with E-state index in [1.807, 2.05) is 4.90 Å². The van der Waals surface area contributed by atoms with E-state index in [-0.39, 0.29) is 34.5 Å². The van der Waals surface area contributed by atoms with Gasteiger partial charge in [0, 0.05) is 44.4 Å². The SMILES string of the molecule is COc1ccc(C(F)(F)F)cc1N1C(N2CCN(c3ccc(F)c(C)c3)CC2)=Nc2c(F)cccc2C1OC(C)=O.